The van der Waals surface area contributed by atoms with Gasteiger partial charge >= 0.3 is 0 Å². The average Bonchev–Trinajstić information content (AvgIpc) is 2.97. The molecule has 0 aliphatic carbocycles. The second kappa shape index (κ2) is 5.34. The molecule has 0 amide bonds. The van der Waals surface area contributed by atoms with Gasteiger partial charge in [0.05, 0.1) is 10.6 Å². The number of tetrazole rings is 1. The smallest absolute Gasteiger partial charge is 0.187 e. The first-order chi connectivity index (χ1) is 10.4. The molecular formula is C15H14N4O2S. The lowest BCUT2D eigenvalue weighted by Crippen LogP contribution is -2.02. The Kier molecular flexibility index (Phi) is 3.50. The highest BCUT2D eigenvalue weighted by atomic mass is 32.2. The van der Waals surface area contributed by atoms with Crippen LogP contribution in [0.4, 0.5) is 0 Å². The number of sulfone groups is 1. The van der Waals surface area contributed by atoms with Crippen LogP contribution in [0.3, 0.4) is 0 Å². The van der Waals surface area contributed by atoms with Gasteiger partial charge in [-0.3, -0.25) is 0 Å². The normalized spacial score (nSPS) is 11.5. The summed E-state index contributed by atoms with van der Waals surface area (Å²) in [5.41, 5.74) is 2.75. The molecule has 0 saturated carbocycles. The van der Waals surface area contributed by atoms with Crippen LogP contribution in [-0.4, -0.2) is 34.9 Å². The zero-order chi connectivity index (χ0) is 15.7. The van der Waals surface area contributed by atoms with Crippen molar-refractivity contribution in [2.75, 3.05) is 6.26 Å². The van der Waals surface area contributed by atoms with E-state index in [0.29, 0.717) is 11.5 Å². The number of aromatic nitrogens is 4. The van der Waals surface area contributed by atoms with Crippen LogP contribution in [0.5, 0.6) is 0 Å². The second-order valence-corrected chi connectivity index (χ2v) is 7.06. The molecule has 2 aromatic carbocycles. The number of rotatable bonds is 3. The summed E-state index contributed by atoms with van der Waals surface area (Å²) in [6.45, 7) is 2.01. The van der Waals surface area contributed by atoms with Gasteiger partial charge in [0.15, 0.2) is 15.7 Å². The molecule has 0 unspecified atom stereocenters. The molecule has 0 radical (unpaired) electrons. The van der Waals surface area contributed by atoms with Crippen LogP contribution in [0, 0.1) is 6.92 Å². The molecule has 0 aliphatic heterocycles. The van der Waals surface area contributed by atoms with Gasteiger partial charge in [-0.1, -0.05) is 29.8 Å². The van der Waals surface area contributed by atoms with E-state index in [1.54, 1.807) is 28.9 Å². The fourth-order valence-electron chi connectivity index (χ4n) is 2.08. The first-order valence-electron chi connectivity index (χ1n) is 6.61. The molecule has 1 heterocycles. The summed E-state index contributed by atoms with van der Waals surface area (Å²) in [7, 11) is -3.22. The standard InChI is InChI=1S/C15H14N4O2S/c1-11-3-5-12(6-4-11)15-16-17-18-19(15)13-7-9-14(10-8-13)22(2,20)21/h3-10H,1-2H3. The van der Waals surface area contributed by atoms with Crippen LogP contribution < -0.4 is 0 Å². The van der Waals surface area contributed by atoms with Gasteiger partial charge in [-0.05, 0) is 41.6 Å². The van der Waals surface area contributed by atoms with Crippen LogP contribution in [0.25, 0.3) is 17.1 Å². The summed E-state index contributed by atoms with van der Waals surface area (Å²) in [6.07, 6.45) is 1.18. The molecule has 112 valence electrons. The Hall–Kier alpha value is -2.54. The number of hydrogen-bond acceptors (Lipinski definition) is 5. The lowest BCUT2D eigenvalue weighted by atomic mass is 10.1. The maximum atomic E-state index is 11.5. The number of aryl methyl sites for hydroxylation is 1. The quantitative estimate of drug-likeness (QED) is 0.739. The minimum Gasteiger partial charge on any atom is -0.224 e. The summed E-state index contributed by atoms with van der Waals surface area (Å²) in [5.74, 6) is 0.604. The van der Waals surface area contributed by atoms with E-state index in [0.717, 1.165) is 11.1 Å². The number of hydrogen-bond donors (Lipinski definition) is 0. The van der Waals surface area contributed by atoms with Gasteiger partial charge in [0.1, 0.15) is 0 Å². The van der Waals surface area contributed by atoms with Crippen molar-refractivity contribution in [3.8, 4) is 17.1 Å². The third-order valence-corrected chi connectivity index (χ3v) is 4.42. The predicted molar refractivity (Wildman–Crippen MR) is 82.4 cm³/mol. The average molecular weight is 314 g/mol. The first-order valence-corrected chi connectivity index (χ1v) is 8.50. The van der Waals surface area contributed by atoms with E-state index in [4.69, 9.17) is 0 Å². The lowest BCUT2D eigenvalue weighted by Gasteiger charge is -2.06. The van der Waals surface area contributed by atoms with Gasteiger partial charge in [-0.25, -0.2) is 8.42 Å². The topological polar surface area (TPSA) is 77.7 Å². The van der Waals surface area contributed by atoms with Crippen LogP contribution in [-0.2, 0) is 9.84 Å². The van der Waals surface area contributed by atoms with Crippen molar-refractivity contribution in [3.05, 3.63) is 54.1 Å². The summed E-state index contributed by atoms with van der Waals surface area (Å²) < 4.78 is 24.6. The van der Waals surface area contributed by atoms with Gasteiger partial charge in [0.25, 0.3) is 0 Å². The summed E-state index contributed by atoms with van der Waals surface area (Å²) in [5, 5.41) is 11.7. The highest BCUT2D eigenvalue weighted by Gasteiger charge is 2.12. The molecule has 1 aromatic heterocycles. The molecule has 6 nitrogen and oxygen atoms in total. The van der Waals surface area contributed by atoms with Crippen molar-refractivity contribution in [2.24, 2.45) is 0 Å². The molecule has 0 N–H and O–H groups in total. The van der Waals surface area contributed by atoms with E-state index < -0.39 is 9.84 Å². The van der Waals surface area contributed by atoms with E-state index >= 15 is 0 Å². The predicted octanol–water partition coefficient (Wildman–Crippen LogP) is 2.04. The SMILES string of the molecule is Cc1ccc(-c2nnnn2-c2ccc(S(C)(=O)=O)cc2)cc1. The Bertz CT molecular complexity index is 897. The Morgan fingerprint density at radius 1 is 0.955 bits per heavy atom. The maximum absolute atomic E-state index is 11.5. The van der Waals surface area contributed by atoms with Crippen molar-refractivity contribution < 1.29 is 8.42 Å². The van der Waals surface area contributed by atoms with Crippen molar-refractivity contribution in [2.45, 2.75) is 11.8 Å². The highest BCUT2D eigenvalue weighted by Crippen LogP contribution is 2.20. The lowest BCUT2D eigenvalue weighted by molar-refractivity contribution is 0.602. The summed E-state index contributed by atoms with van der Waals surface area (Å²) in [4.78, 5) is 0.265. The molecule has 0 saturated heterocycles. The first kappa shape index (κ1) is 14.4. The van der Waals surface area contributed by atoms with Gasteiger partial charge in [-0.2, -0.15) is 4.68 Å². The van der Waals surface area contributed by atoms with Gasteiger partial charge < -0.3 is 0 Å². The van der Waals surface area contributed by atoms with Crippen molar-refractivity contribution >= 4 is 9.84 Å². The van der Waals surface area contributed by atoms with E-state index in [9.17, 15) is 8.42 Å². The molecule has 3 rings (SSSR count). The van der Waals surface area contributed by atoms with Gasteiger partial charge in [0.2, 0.25) is 0 Å². The van der Waals surface area contributed by atoms with Crippen LogP contribution >= 0.6 is 0 Å². The Morgan fingerprint density at radius 2 is 1.59 bits per heavy atom. The monoisotopic (exact) mass is 314 g/mol. The van der Waals surface area contributed by atoms with Gasteiger partial charge in [-0.15, -0.1) is 5.10 Å². The molecule has 3 aromatic rings. The zero-order valence-electron chi connectivity index (χ0n) is 12.1. The largest absolute Gasteiger partial charge is 0.224 e. The molecule has 0 spiro atoms. The van der Waals surface area contributed by atoms with E-state index in [1.165, 1.54) is 6.26 Å². The van der Waals surface area contributed by atoms with Crippen molar-refractivity contribution in [1.29, 1.82) is 0 Å². The van der Waals surface area contributed by atoms with Crippen LogP contribution in [0.1, 0.15) is 5.56 Å². The van der Waals surface area contributed by atoms with Gasteiger partial charge in [0, 0.05) is 11.8 Å². The Labute approximate surface area is 128 Å². The molecule has 0 bridgehead atoms. The summed E-state index contributed by atoms with van der Waals surface area (Å²) in [6, 6.07) is 14.3. The maximum Gasteiger partial charge on any atom is 0.187 e. The van der Waals surface area contributed by atoms with Crippen LogP contribution in [0.15, 0.2) is 53.4 Å². The van der Waals surface area contributed by atoms with E-state index in [-0.39, 0.29) is 4.90 Å². The molecule has 0 atom stereocenters. The van der Waals surface area contributed by atoms with Crippen molar-refractivity contribution in [3.63, 3.8) is 0 Å². The second-order valence-electron chi connectivity index (χ2n) is 5.05. The zero-order valence-corrected chi connectivity index (χ0v) is 12.9. The number of benzene rings is 2. The fraction of sp³-hybridized carbons (Fsp3) is 0.133. The molecule has 0 aliphatic rings. The van der Waals surface area contributed by atoms with Crippen LogP contribution in [0.2, 0.25) is 0 Å². The highest BCUT2D eigenvalue weighted by molar-refractivity contribution is 7.90. The molecule has 7 heteroatoms. The minimum absolute atomic E-state index is 0.265. The third kappa shape index (κ3) is 2.75. The molecule has 22 heavy (non-hydrogen) atoms. The molecule has 0 fully saturated rings. The molecular weight excluding hydrogens is 300 g/mol. The van der Waals surface area contributed by atoms with Crippen molar-refractivity contribution in [1.82, 2.24) is 20.2 Å². The minimum atomic E-state index is -3.22. The summed E-state index contributed by atoms with van der Waals surface area (Å²) >= 11 is 0. The fourth-order valence-corrected chi connectivity index (χ4v) is 2.71. The van der Waals surface area contributed by atoms with E-state index in [2.05, 4.69) is 15.5 Å². The number of nitrogens with zero attached hydrogens (tertiary/aromatic N) is 4. The van der Waals surface area contributed by atoms with E-state index in [1.807, 2.05) is 31.2 Å². The Morgan fingerprint density at radius 3 is 2.18 bits per heavy atom. The third-order valence-electron chi connectivity index (χ3n) is 3.29. The Balaban J connectivity index is 2.03.